The molecule has 3 saturated carbocycles. The molecular formula is C23H38O2. The third-order valence-corrected chi connectivity index (χ3v) is 7.52. The van der Waals surface area contributed by atoms with Crippen LogP contribution in [-0.2, 0) is 9.59 Å². The molecule has 2 nitrogen and oxygen atoms in total. The summed E-state index contributed by atoms with van der Waals surface area (Å²) in [4.78, 5) is 25.5. The normalized spacial score (nSPS) is 39.8. The summed E-state index contributed by atoms with van der Waals surface area (Å²) in [6.45, 7) is 4.51. The average Bonchev–Trinajstić information content (AvgIpc) is 2.54. The molecule has 3 aliphatic rings. The van der Waals surface area contributed by atoms with E-state index >= 15 is 0 Å². The van der Waals surface area contributed by atoms with Gasteiger partial charge in [-0.15, -0.1) is 0 Å². The Labute approximate surface area is 154 Å². The summed E-state index contributed by atoms with van der Waals surface area (Å²) in [5.41, 5.74) is 0. The van der Waals surface area contributed by atoms with Crippen LogP contribution in [0.25, 0.3) is 0 Å². The number of carbonyl (C=O) groups is 2. The predicted octanol–water partition coefficient (Wildman–Crippen LogP) is 5.97. The Morgan fingerprint density at radius 2 is 1.20 bits per heavy atom. The first-order chi connectivity index (χ1) is 12.0. The second-order valence-electron chi connectivity index (χ2n) is 9.73. The van der Waals surface area contributed by atoms with E-state index in [9.17, 15) is 9.59 Å². The highest BCUT2D eigenvalue weighted by atomic mass is 16.1. The van der Waals surface area contributed by atoms with Gasteiger partial charge >= 0.3 is 0 Å². The Hall–Kier alpha value is -0.660. The zero-order chi connectivity index (χ0) is 17.8. The summed E-state index contributed by atoms with van der Waals surface area (Å²) in [6, 6.07) is 0. The van der Waals surface area contributed by atoms with Crippen molar-refractivity contribution in [3.8, 4) is 0 Å². The van der Waals surface area contributed by atoms with Crippen LogP contribution in [0.15, 0.2) is 0 Å². The molecule has 0 bridgehead atoms. The lowest BCUT2D eigenvalue weighted by Gasteiger charge is -2.35. The van der Waals surface area contributed by atoms with Crippen molar-refractivity contribution < 1.29 is 9.59 Å². The van der Waals surface area contributed by atoms with E-state index in [4.69, 9.17) is 0 Å². The predicted molar refractivity (Wildman–Crippen MR) is 102 cm³/mol. The molecule has 142 valence electrons. The minimum atomic E-state index is 0.152. The lowest BCUT2D eigenvalue weighted by atomic mass is 9.70. The van der Waals surface area contributed by atoms with Crippen LogP contribution in [0.1, 0.15) is 97.3 Å². The first kappa shape index (κ1) is 19.1. The highest BCUT2D eigenvalue weighted by Gasteiger charge is 2.33. The minimum absolute atomic E-state index is 0.152. The van der Waals surface area contributed by atoms with E-state index in [1.54, 1.807) is 0 Å². The van der Waals surface area contributed by atoms with Crippen LogP contribution in [0.2, 0.25) is 0 Å². The maximum absolute atomic E-state index is 12.8. The SMILES string of the molecule is CC1CC(C)CC(C(=O)CC(=O)C2CCCC3CCCCC3CC2)C1. The van der Waals surface area contributed by atoms with Gasteiger partial charge in [0.15, 0.2) is 0 Å². The van der Waals surface area contributed by atoms with Gasteiger partial charge in [-0.1, -0.05) is 52.4 Å². The molecular weight excluding hydrogens is 308 g/mol. The maximum atomic E-state index is 12.8. The Balaban J connectivity index is 1.51. The number of hydrogen-bond acceptors (Lipinski definition) is 2. The van der Waals surface area contributed by atoms with E-state index in [0.29, 0.717) is 11.8 Å². The molecule has 0 saturated heterocycles. The number of fused-ring (bicyclic) bond motifs is 1. The van der Waals surface area contributed by atoms with Gasteiger partial charge in [-0.3, -0.25) is 9.59 Å². The van der Waals surface area contributed by atoms with E-state index in [2.05, 4.69) is 13.8 Å². The van der Waals surface area contributed by atoms with E-state index in [1.165, 1.54) is 51.4 Å². The summed E-state index contributed by atoms with van der Waals surface area (Å²) in [5, 5.41) is 0. The Morgan fingerprint density at radius 3 is 1.88 bits per heavy atom. The fourth-order valence-corrected chi connectivity index (χ4v) is 6.22. The van der Waals surface area contributed by atoms with Gasteiger partial charge in [0.25, 0.3) is 0 Å². The molecule has 0 aromatic carbocycles. The van der Waals surface area contributed by atoms with Gasteiger partial charge in [0, 0.05) is 11.8 Å². The maximum Gasteiger partial charge on any atom is 0.143 e. The first-order valence-corrected chi connectivity index (χ1v) is 11.1. The fourth-order valence-electron chi connectivity index (χ4n) is 6.22. The minimum Gasteiger partial charge on any atom is -0.299 e. The van der Waals surface area contributed by atoms with Gasteiger partial charge in [-0.2, -0.15) is 0 Å². The molecule has 2 heteroatoms. The van der Waals surface area contributed by atoms with Crippen molar-refractivity contribution >= 4 is 11.6 Å². The number of ketones is 2. The first-order valence-electron chi connectivity index (χ1n) is 11.1. The average molecular weight is 347 g/mol. The summed E-state index contributed by atoms with van der Waals surface area (Å²) in [6.07, 6.45) is 14.9. The van der Waals surface area contributed by atoms with Crippen LogP contribution in [0.3, 0.4) is 0 Å². The standard InChI is InChI=1S/C23H38O2/c1-16-12-17(2)14-21(13-16)23(25)15-22(24)20-9-5-8-18-6-3-4-7-19(18)10-11-20/h16-21H,3-15H2,1-2H3. The molecule has 0 aliphatic heterocycles. The summed E-state index contributed by atoms with van der Waals surface area (Å²) in [7, 11) is 0. The van der Waals surface area contributed by atoms with Crippen molar-refractivity contribution in [1.82, 2.24) is 0 Å². The zero-order valence-electron chi connectivity index (χ0n) is 16.5. The van der Waals surface area contributed by atoms with Crippen molar-refractivity contribution in [2.45, 2.75) is 97.3 Å². The molecule has 3 fully saturated rings. The lowest BCUT2D eigenvalue weighted by Crippen LogP contribution is -2.30. The van der Waals surface area contributed by atoms with Crippen molar-refractivity contribution in [3.63, 3.8) is 0 Å². The van der Waals surface area contributed by atoms with E-state index in [1.807, 2.05) is 0 Å². The van der Waals surface area contributed by atoms with Crippen molar-refractivity contribution in [1.29, 1.82) is 0 Å². The van der Waals surface area contributed by atoms with Gasteiger partial charge in [0.1, 0.15) is 11.6 Å². The molecule has 0 amide bonds. The van der Waals surface area contributed by atoms with Crippen molar-refractivity contribution in [3.05, 3.63) is 0 Å². The molecule has 3 rings (SSSR count). The molecule has 0 aromatic heterocycles. The molecule has 0 heterocycles. The van der Waals surface area contributed by atoms with Gasteiger partial charge < -0.3 is 0 Å². The van der Waals surface area contributed by atoms with Crippen LogP contribution in [0.5, 0.6) is 0 Å². The topological polar surface area (TPSA) is 34.1 Å². The van der Waals surface area contributed by atoms with Crippen LogP contribution >= 0.6 is 0 Å². The van der Waals surface area contributed by atoms with Crippen LogP contribution in [0.4, 0.5) is 0 Å². The zero-order valence-corrected chi connectivity index (χ0v) is 16.5. The number of rotatable bonds is 4. The van der Waals surface area contributed by atoms with Crippen LogP contribution in [0, 0.1) is 35.5 Å². The van der Waals surface area contributed by atoms with Crippen LogP contribution in [-0.4, -0.2) is 11.6 Å². The number of carbonyl (C=O) groups excluding carboxylic acids is 2. The second-order valence-corrected chi connectivity index (χ2v) is 9.73. The van der Waals surface area contributed by atoms with E-state index in [-0.39, 0.29) is 29.8 Å². The van der Waals surface area contributed by atoms with Crippen LogP contribution < -0.4 is 0 Å². The highest BCUT2D eigenvalue weighted by molar-refractivity contribution is 6.01. The molecule has 0 N–H and O–H groups in total. The molecule has 5 unspecified atom stereocenters. The van der Waals surface area contributed by atoms with Crippen molar-refractivity contribution in [2.75, 3.05) is 0 Å². The van der Waals surface area contributed by atoms with Gasteiger partial charge in [-0.05, 0) is 62.2 Å². The Morgan fingerprint density at radius 1 is 0.640 bits per heavy atom. The molecule has 25 heavy (non-hydrogen) atoms. The highest BCUT2D eigenvalue weighted by Crippen LogP contribution is 2.40. The molecule has 0 radical (unpaired) electrons. The van der Waals surface area contributed by atoms with Gasteiger partial charge in [0.05, 0.1) is 6.42 Å². The van der Waals surface area contributed by atoms with Gasteiger partial charge in [0.2, 0.25) is 0 Å². The summed E-state index contributed by atoms with van der Waals surface area (Å²) >= 11 is 0. The van der Waals surface area contributed by atoms with E-state index in [0.717, 1.165) is 37.5 Å². The van der Waals surface area contributed by atoms with Gasteiger partial charge in [-0.25, -0.2) is 0 Å². The molecule has 0 spiro atoms. The molecule has 3 aliphatic carbocycles. The molecule has 5 atom stereocenters. The smallest absolute Gasteiger partial charge is 0.143 e. The Bertz CT molecular complexity index is 459. The second kappa shape index (κ2) is 8.82. The fraction of sp³-hybridized carbons (Fsp3) is 0.913. The third kappa shape index (κ3) is 5.17. The number of hydrogen-bond donors (Lipinski definition) is 0. The quantitative estimate of drug-likeness (QED) is 0.587. The van der Waals surface area contributed by atoms with Crippen molar-refractivity contribution in [2.24, 2.45) is 35.5 Å². The largest absolute Gasteiger partial charge is 0.299 e. The lowest BCUT2D eigenvalue weighted by molar-refractivity contribution is -0.132. The summed E-state index contributed by atoms with van der Waals surface area (Å²) < 4.78 is 0. The monoisotopic (exact) mass is 346 g/mol. The Kier molecular flexibility index (Phi) is 6.74. The number of Topliss-reactive ketones (excluding diaryl/α,β-unsaturated/α-hetero) is 2. The third-order valence-electron chi connectivity index (χ3n) is 7.52. The van der Waals surface area contributed by atoms with E-state index < -0.39 is 0 Å². The molecule has 0 aromatic rings. The summed E-state index contributed by atoms with van der Waals surface area (Å²) in [5.74, 6) is 3.90.